The van der Waals surface area contributed by atoms with Gasteiger partial charge < -0.3 is 0 Å². The van der Waals surface area contributed by atoms with Crippen LogP contribution in [0.2, 0.25) is 0 Å². The van der Waals surface area contributed by atoms with Gasteiger partial charge in [0.2, 0.25) is 0 Å². The highest BCUT2D eigenvalue weighted by Crippen LogP contribution is 1.89. The molecular weight excluding hydrogens is 282 g/mol. The quantitative estimate of drug-likeness (QED) is 0.646. The summed E-state index contributed by atoms with van der Waals surface area (Å²) in [6, 6.07) is 0. The summed E-state index contributed by atoms with van der Waals surface area (Å²) in [6.07, 6.45) is 8.54. The smallest absolute Gasteiger partial charge is 0.247 e. The van der Waals surface area contributed by atoms with Gasteiger partial charge in [-0.1, -0.05) is 24.3 Å². The molecule has 22 heavy (non-hydrogen) atoms. The predicted molar refractivity (Wildman–Crippen MR) is 88.3 cm³/mol. The van der Waals surface area contributed by atoms with E-state index in [1.54, 1.807) is 12.2 Å². The second-order valence-electron chi connectivity index (χ2n) is 4.82. The predicted octanol–water partition coefficient (Wildman–Crippen LogP) is 1.29. The van der Waals surface area contributed by atoms with Gasteiger partial charge in [-0.15, -0.1) is 13.2 Å². The fraction of sp³-hybridized carbons (Fsp3) is 0.438. The summed E-state index contributed by atoms with van der Waals surface area (Å²) in [6.45, 7) is 9.75. The van der Waals surface area contributed by atoms with Gasteiger partial charge in [0.05, 0.1) is 0 Å². The molecule has 0 unspecified atom stereocenters. The fourth-order valence-electron chi connectivity index (χ4n) is 2.07. The molecule has 0 aromatic carbocycles. The fourth-order valence-corrected chi connectivity index (χ4v) is 2.07. The summed E-state index contributed by atoms with van der Waals surface area (Å²) >= 11 is 0. The molecule has 1 aromatic heterocycles. The topological polar surface area (TPSA) is 66.0 Å². The summed E-state index contributed by atoms with van der Waals surface area (Å²) < 4.78 is 3.32. The number of aromatic nitrogens is 3. The van der Waals surface area contributed by atoms with Crippen LogP contribution in [0, 0.1) is 0 Å². The van der Waals surface area contributed by atoms with Crippen LogP contribution in [-0.2, 0) is 19.6 Å². The number of nitrogens with zero attached hydrogens (tertiary/aromatic N) is 3. The van der Waals surface area contributed by atoms with Crippen LogP contribution in [0.4, 0.5) is 0 Å². The molecule has 0 saturated carbocycles. The van der Waals surface area contributed by atoms with E-state index in [9.17, 15) is 14.4 Å². The molecule has 0 radical (unpaired) electrons. The molecule has 120 valence electrons. The first kappa shape index (κ1) is 17.7. The van der Waals surface area contributed by atoms with E-state index in [4.69, 9.17) is 0 Å². The molecule has 0 bridgehead atoms. The largest absolute Gasteiger partial charge is 0.336 e. The molecule has 0 N–H and O–H groups in total. The minimum absolute atomic E-state index is 0.221. The third-order valence-corrected chi connectivity index (χ3v) is 3.25. The van der Waals surface area contributed by atoms with E-state index in [-0.39, 0.29) is 19.6 Å². The monoisotopic (exact) mass is 305 g/mol. The average Bonchev–Trinajstić information content (AvgIpc) is 2.50. The van der Waals surface area contributed by atoms with Crippen LogP contribution in [0.1, 0.15) is 26.2 Å². The standard InChI is InChI=1S/C16H23N3O3/c1-4-7-10-13-19-15(21)17(11-8-5-2)14(20)18(16(19)22)12-9-6-3/h4-7H,2-3,8-13H2,1H3/b7-4+. The molecule has 0 aliphatic heterocycles. The zero-order valence-electron chi connectivity index (χ0n) is 13.0. The van der Waals surface area contributed by atoms with Crippen LogP contribution in [0.15, 0.2) is 51.8 Å². The maximum atomic E-state index is 12.4. The van der Waals surface area contributed by atoms with Gasteiger partial charge in [0.15, 0.2) is 0 Å². The average molecular weight is 305 g/mol. The highest BCUT2D eigenvalue weighted by molar-refractivity contribution is 4.84. The Morgan fingerprint density at radius 3 is 1.45 bits per heavy atom. The van der Waals surface area contributed by atoms with Crippen LogP contribution < -0.4 is 17.1 Å². The lowest BCUT2D eigenvalue weighted by Crippen LogP contribution is -2.54. The Balaban J connectivity index is 3.43. The molecule has 0 aliphatic carbocycles. The van der Waals surface area contributed by atoms with Crippen LogP contribution in [0.3, 0.4) is 0 Å². The molecule has 0 atom stereocenters. The molecule has 0 saturated heterocycles. The van der Waals surface area contributed by atoms with Crippen molar-refractivity contribution in [1.82, 2.24) is 13.7 Å². The number of allylic oxidation sites excluding steroid dienone is 4. The van der Waals surface area contributed by atoms with Crippen molar-refractivity contribution in [3.63, 3.8) is 0 Å². The Morgan fingerprint density at radius 2 is 1.14 bits per heavy atom. The Hall–Kier alpha value is -2.37. The third kappa shape index (κ3) is 4.07. The molecule has 6 heteroatoms. The van der Waals surface area contributed by atoms with Crippen LogP contribution in [-0.4, -0.2) is 13.7 Å². The van der Waals surface area contributed by atoms with Gasteiger partial charge in [0.1, 0.15) is 0 Å². The normalized spacial score (nSPS) is 11.0. The summed E-state index contributed by atoms with van der Waals surface area (Å²) in [7, 11) is 0. The van der Waals surface area contributed by atoms with Crippen molar-refractivity contribution in [2.24, 2.45) is 0 Å². The molecule has 1 heterocycles. The highest BCUT2D eigenvalue weighted by Gasteiger charge is 2.14. The van der Waals surface area contributed by atoms with Gasteiger partial charge in [-0.05, 0) is 26.2 Å². The van der Waals surface area contributed by atoms with Crippen molar-refractivity contribution in [2.75, 3.05) is 0 Å². The zero-order valence-corrected chi connectivity index (χ0v) is 13.0. The van der Waals surface area contributed by atoms with Crippen molar-refractivity contribution < 1.29 is 0 Å². The molecule has 1 rings (SSSR count). The molecule has 0 fully saturated rings. The van der Waals surface area contributed by atoms with Crippen molar-refractivity contribution in [2.45, 2.75) is 45.8 Å². The van der Waals surface area contributed by atoms with Gasteiger partial charge in [-0.2, -0.15) is 0 Å². The summed E-state index contributed by atoms with van der Waals surface area (Å²) in [5, 5.41) is 0. The molecule has 6 nitrogen and oxygen atoms in total. The minimum Gasteiger partial charge on any atom is -0.247 e. The van der Waals surface area contributed by atoms with Gasteiger partial charge in [0.25, 0.3) is 0 Å². The summed E-state index contributed by atoms with van der Waals surface area (Å²) in [5.74, 6) is 0. The van der Waals surface area contributed by atoms with Gasteiger partial charge >= 0.3 is 17.1 Å². The molecular formula is C16H23N3O3. The second-order valence-corrected chi connectivity index (χ2v) is 4.82. The van der Waals surface area contributed by atoms with Crippen molar-refractivity contribution >= 4 is 0 Å². The summed E-state index contributed by atoms with van der Waals surface area (Å²) in [5.41, 5.74) is -1.69. The van der Waals surface area contributed by atoms with Crippen molar-refractivity contribution in [3.8, 4) is 0 Å². The lowest BCUT2D eigenvalue weighted by atomic mass is 10.4. The maximum Gasteiger partial charge on any atom is 0.336 e. The number of hydrogen-bond donors (Lipinski definition) is 0. The van der Waals surface area contributed by atoms with E-state index in [1.807, 2.05) is 19.1 Å². The van der Waals surface area contributed by atoms with E-state index in [2.05, 4.69) is 13.2 Å². The van der Waals surface area contributed by atoms with E-state index in [0.29, 0.717) is 19.3 Å². The molecule has 1 aromatic rings. The molecule has 0 aliphatic rings. The first-order valence-electron chi connectivity index (χ1n) is 7.35. The lowest BCUT2D eigenvalue weighted by molar-refractivity contribution is 0.450. The SMILES string of the molecule is C=CCCn1c(=O)n(CCC=C)c(=O)n(CC/C=C/C)c1=O. The van der Waals surface area contributed by atoms with Crippen LogP contribution in [0.25, 0.3) is 0 Å². The van der Waals surface area contributed by atoms with Crippen LogP contribution in [0.5, 0.6) is 0 Å². The van der Waals surface area contributed by atoms with E-state index >= 15 is 0 Å². The second kappa shape index (κ2) is 8.81. The van der Waals surface area contributed by atoms with Gasteiger partial charge in [-0.25, -0.2) is 28.1 Å². The van der Waals surface area contributed by atoms with E-state index in [1.165, 1.54) is 0 Å². The zero-order chi connectivity index (χ0) is 16.5. The van der Waals surface area contributed by atoms with Crippen molar-refractivity contribution in [3.05, 3.63) is 68.9 Å². The Bertz CT molecular complexity index is 669. The first-order chi connectivity index (χ1) is 10.6. The van der Waals surface area contributed by atoms with Crippen LogP contribution >= 0.6 is 0 Å². The lowest BCUT2D eigenvalue weighted by Gasteiger charge is -2.12. The van der Waals surface area contributed by atoms with E-state index < -0.39 is 17.1 Å². The van der Waals surface area contributed by atoms with Gasteiger partial charge in [-0.3, -0.25) is 0 Å². The third-order valence-electron chi connectivity index (χ3n) is 3.25. The molecule has 0 amide bonds. The summed E-state index contributed by atoms with van der Waals surface area (Å²) in [4.78, 5) is 37.1. The van der Waals surface area contributed by atoms with Gasteiger partial charge in [0, 0.05) is 19.6 Å². The molecule has 0 spiro atoms. The Morgan fingerprint density at radius 1 is 0.773 bits per heavy atom. The van der Waals surface area contributed by atoms with Crippen molar-refractivity contribution in [1.29, 1.82) is 0 Å². The maximum absolute atomic E-state index is 12.4. The first-order valence-corrected chi connectivity index (χ1v) is 7.35. The Kier molecular flexibility index (Phi) is 7.08. The van der Waals surface area contributed by atoms with E-state index in [0.717, 1.165) is 13.7 Å². The number of rotatable bonds is 9. The number of hydrogen-bond acceptors (Lipinski definition) is 3. The minimum atomic E-state index is -0.569. The Labute approximate surface area is 129 Å². The highest BCUT2D eigenvalue weighted by atomic mass is 16.2.